The van der Waals surface area contributed by atoms with Crippen molar-refractivity contribution in [3.63, 3.8) is 0 Å². The second-order valence-corrected chi connectivity index (χ2v) is 8.56. The number of nitrogens with zero attached hydrogens (tertiary/aromatic N) is 1. The third-order valence-electron chi connectivity index (χ3n) is 5.42. The van der Waals surface area contributed by atoms with Crippen molar-refractivity contribution < 1.29 is 23.9 Å². The van der Waals surface area contributed by atoms with Crippen LogP contribution in [0.5, 0.6) is 0 Å². The highest BCUT2D eigenvalue weighted by Crippen LogP contribution is 2.38. The lowest BCUT2D eigenvalue weighted by Crippen LogP contribution is -2.37. The highest BCUT2D eigenvalue weighted by molar-refractivity contribution is 7.17. The van der Waals surface area contributed by atoms with E-state index in [4.69, 9.17) is 4.74 Å². The first-order valence-corrected chi connectivity index (χ1v) is 11.0. The highest BCUT2D eigenvalue weighted by Gasteiger charge is 2.36. The number of imide groups is 1. The zero-order valence-corrected chi connectivity index (χ0v) is 18.0. The average Bonchev–Trinajstić information content (AvgIpc) is 3.24. The molecule has 1 aliphatic heterocycles. The van der Waals surface area contributed by atoms with Crippen LogP contribution in [-0.4, -0.2) is 55.3 Å². The van der Waals surface area contributed by atoms with E-state index in [1.54, 1.807) is 31.4 Å². The molecule has 1 aliphatic carbocycles. The third-order valence-corrected chi connectivity index (χ3v) is 6.63. The number of hydrogen-bond acceptors (Lipinski definition) is 6. The number of thiophene rings is 1. The Morgan fingerprint density at radius 2 is 1.77 bits per heavy atom. The van der Waals surface area contributed by atoms with E-state index in [0.717, 1.165) is 41.0 Å². The molecule has 1 aromatic carbocycles. The fourth-order valence-electron chi connectivity index (χ4n) is 3.94. The summed E-state index contributed by atoms with van der Waals surface area (Å²) in [5.41, 5.74) is 2.05. The van der Waals surface area contributed by atoms with Gasteiger partial charge in [-0.15, -0.1) is 11.3 Å². The van der Waals surface area contributed by atoms with Gasteiger partial charge in [-0.2, -0.15) is 0 Å². The van der Waals surface area contributed by atoms with Crippen molar-refractivity contribution >= 4 is 40.0 Å². The second-order valence-electron chi connectivity index (χ2n) is 7.45. The van der Waals surface area contributed by atoms with Crippen LogP contribution in [0.1, 0.15) is 54.4 Å². The standard InChI is InChI=1S/C22H23N3O5S/c1-30-11-10-23-19(27)18-15-8-4-5-9-16(15)31-20(18)24-17(26)12-25-21(28)13-6-2-3-7-14(13)22(25)29/h2-3,6-7H,4-5,8-12H2,1H3,(H,23,27)(H,24,26). The Morgan fingerprint density at radius 3 is 2.45 bits per heavy atom. The maximum Gasteiger partial charge on any atom is 0.262 e. The van der Waals surface area contributed by atoms with Gasteiger partial charge in [-0.1, -0.05) is 12.1 Å². The predicted octanol–water partition coefficient (Wildman–Crippen LogP) is 2.24. The Morgan fingerprint density at radius 1 is 1.10 bits per heavy atom. The molecule has 0 saturated heterocycles. The minimum Gasteiger partial charge on any atom is -0.383 e. The quantitative estimate of drug-likeness (QED) is 0.507. The number of anilines is 1. The smallest absolute Gasteiger partial charge is 0.262 e. The lowest BCUT2D eigenvalue weighted by atomic mass is 9.95. The van der Waals surface area contributed by atoms with Gasteiger partial charge in [0.05, 0.1) is 23.3 Å². The molecular formula is C22H23N3O5S. The van der Waals surface area contributed by atoms with Crippen molar-refractivity contribution in [2.75, 3.05) is 32.1 Å². The molecule has 2 aliphatic rings. The zero-order chi connectivity index (χ0) is 22.0. The molecule has 0 unspecified atom stereocenters. The van der Waals surface area contributed by atoms with Gasteiger partial charge < -0.3 is 15.4 Å². The van der Waals surface area contributed by atoms with Gasteiger partial charge in [0.2, 0.25) is 5.91 Å². The maximum absolute atomic E-state index is 12.8. The molecule has 9 heteroatoms. The number of carbonyl (C=O) groups is 4. The molecule has 8 nitrogen and oxygen atoms in total. The lowest BCUT2D eigenvalue weighted by molar-refractivity contribution is -0.116. The molecule has 31 heavy (non-hydrogen) atoms. The molecular weight excluding hydrogens is 418 g/mol. The first-order valence-electron chi connectivity index (χ1n) is 10.2. The van der Waals surface area contributed by atoms with Crippen molar-refractivity contribution in [1.82, 2.24) is 10.2 Å². The molecule has 2 N–H and O–H groups in total. The van der Waals surface area contributed by atoms with Crippen molar-refractivity contribution in [3.05, 3.63) is 51.4 Å². The largest absolute Gasteiger partial charge is 0.383 e. The number of ether oxygens (including phenoxy) is 1. The molecule has 1 aromatic heterocycles. The SMILES string of the molecule is COCCNC(=O)c1c(NC(=O)CN2C(=O)c3ccccc3C2=O)sc2c1CCCC2. The number of carbonyl (C=O) groups excluding carboxylic acids is 4. The Balaban J connectivity index is 1.52. The van der Waals surface area contributed by atoms with E-state index in [-0.39, 0.29) is 5.91 Å². The number of hydrogen-bond donors (Lipinski definition) is 2. The van der Waals surface area contributed by atoms with E-state index >= 15 is 0 Å². The summed E-state index contributed by atoms with van der Waals surface area (Å²) in [4.78, 5) is 52.7. The summed E-state index contributed by atoms with van der Waals surface area (Å²) in [5.74, 6) is -1.75. The molecule has 0 bridgehead atoms. The van der Waals surface area contributed by atoms with Gasteiger partial charge in [0.25, 0.3) is 17.7 Å². The van der Waals surface area contributed by atoms with Crippen LogP contribution < -0.4 is 10.6 Å². The van der Waals surface area contributed by atoms with E-state index in [1.165, 1.54) is 11.3 Å². The molecule has 162 valence electrons. The van der Waals surface area contributed by atoms with Crippen LogP contribution in [0.3, 0.4) is 0 Å². The van der Waals surface area contributed by atoms with Crippen LogP contribution in [0.15, 0.2) is 24.3 Å². The van der Waals surface area contributed by atoms with Gasteiger partial charge in [-0.3, -0.25) is 24.1 Å². The average molecular weight is 442 g/mol. The Hall–Kier alpha value is -3.04. The van der Waals surface area contributed by atoms with Gasteiger partial charge in [0, 0.05) is 18.5 Å². The number of fused-ring (bicyclic) bond motifs is 2. The molecule has 0 saturated carbocycles. The highest BCUT2D eigenvalue weighted by atomic mass is 32.1. The number of amides is 4. The summed E-state index contributed by atoms with van der Waals surface area (Å²) in [6.45, 7) is 0.349. The van der Waals surface area contributed by atoms with Gasteiger partial charge in [-0.25, -0.2) is 0 Å². The second kappa shape index (κ2) is 8.99. The first kappa shape index (κ1) is 21.2. The van der Waals surface area contributed by atoms with E-state index in [0.29, 0.717) is 34.8 Å². The van der Waals surface area contributed by atoms with Crippen LogP contribution in [0.4, 0.5) is 5.00 Å². The van der Waals surface area contributed by atoms with Gasteiger partial charge in [0.15, 0.2) is 0 Å². The minimum absolute atomic E-state index is 0.257. The Labute approximate surface area is 183 Å². The summed E-state index contributed by atoms with van der Waals surface area (Å²) in [6.07, 6.45) is 3.69. The minimum atomic E-state index is -0.515. The van der Waals surface area contributed by atoms with Crippen LogP contribution in [-0.2, 0) is 22.4 Å². The fraction of sp³-hybridized carbons (Fsp3) is 0.364. The Bertz CT molecular complexity index is 1030. The van der Waals surface area contributed by atoms with E-state index in [9.17, 15) is 19.2 Å². The lowest BCUT2D eigenvalue weighted by Gasteiger charge is -2.15. The first-order chi connectivity index (χ1) is 15.0. The Kier molecular flexibility index (Phi) is 6.15. The normalized spacial score (nSPS) is 14.9. The molecule has 0 radical (unpaired) electrons. The van der Waals surface area contributed by atoms with Gasteiger partial charge in [-0.05, 0) is 43.4 Å². The fourth-order valence-corrected chi connectivity index (χ4v) is 5.24. The molecule has 0 spiro atoms. The molecule has 4 rings (SSSR count). The topological polar surface area (TPSA) is 105 Å². The number of methoxy groups -OCH3 is 1. The number of aryl methyl sites for hydroxylation is 1. The van der Waals surface area contributed by atoms with E-state index in [1.807, 2.05) is 0 Å². The number of benzene rings is 1. The maximum atomic E-state index is 12.8. The summed E-state index contributed by atoms with van der Waals surface area (Å²) < 4.78 is 4.99. The molecule has 2 heterocycles. The zero-order valence-electron chi connectivity index (χ0n) is 17.2. The van der Waals surface area contributed by atoms with Crippen LogP contribution in [0.2, 0.25) is 0 Å². The van der Waals surface area contributed by atoms with E-state index < -0.39 is 24.3 Å². The molecule has 0 fully saturated rings. The monoisotopic (exact) mass is 441 g/mol. The molecule has 4 amide bonds. The molecule has 0 atom stereocenters. The van der Waals surface area contributed by atoms with E-state index in [2.05, 4.69) is 10.6 Å². The van der Waals surface area contributed by atoms with Crippen molar-refractivity contribution in [3.8, 4) is 0 Å². The number of nitrogens with one attached hydrogen (secondary N) is 2. The summed E-state index contributed by atoms with van der Waals surface area (Å²) >= 11 is 1.39. The summed E-state index contributed by atoms with van der Waals surface area (Å²) in [5, 5.41) is 6.06. The van der Waals surface area contributed by atoms with Crippen molar-refractivity contribution in [2.45, 2.75) is 25.7 Å². The van der Waals surface area contributed by atoms with Crippen LogP contribution >= 0.6 is 11.3 Å². The van der Waals surface area contributed by atoms with Gasteiger partial charge >= 0.3 is 0 Å². The van der Waals surface area contributed by atoms with Crippen LogP contribution in [0.25, 0.3) is 0 Å². The third kappa shape index (κ3) is 4.11. The summed E-state index contributed by atoms with van der Waals surface area (Å²) in [7, 11) is 1.56. The summed E-state index contributed by atoms with van der Waals surface area (Å²) in [6, 6.07) is 6.50. The van der Waals surface area contributed by atoms with Crippen LogP contribution in [0, 0.1) is 0 Å². The van der Waals surface area contributed by atoms with Crippen molar-refractivity contribution in [1.29, 1.82) is 0 Å². The van der Waals surface area contributed by atoms with Gasteiger partial charge in [0.1, 0.15) is 11.5 Å². The number of rotatable bonds is 7. The molecule has 2 aromatic rings. The predicted molar refractivity (Wildman–Crippen MR) is 116 cm³/mol. The van der Waals surface area contributed by atoms with Crippen molar-refractivity contribution in [2.24, 2.45) is 0 Å².